The van der Waals surface area contributed by atoms with Crippen molar-refractivity contribution in [3.05, 3.63) is 30.0 Å². The van der Waals surface area contributed by atoms with Crippen molar-refractivity contribution < 1.29 is 9.90 Å². The maximum atomic E-state index is 10.8. The topological polar surface area (TPSA) is 50.2 Å². The van der Waals surface area contributed by atoms with Gasteiger partial charge in [0, 0.05) is 11.6 Å². The zero-order valence-corrected chi connectivity index (χ0v) is 8.41. The van der Waals surface area contributed by atoms with Crippen molar-refractivity contribution in [1.82, 2.24) is 4.37 Å². The van der Waals surface area contributed by atoms with Crippen molar-refractivity contribution in [2.45, 2.75) is 12.8 Å². The molecule has 2 rings (SSSR count). The molecule has 4 heteroatoms. The third-order valence-corrected chi connectivity index (χ3v) is 3.11. The van der Waals surface area contributed by atoms with Gasteiger partial charge in [-0.1, -0.05) is 18.2 Å². The summed E-state index contributed by atoms with van der Waals surface area (Å²) in [5.41, 5.74) is 0.845. The Hall–Kier alpha value is -1.42. The van der Waals surface area contributed by atoms with Gasteiger partial charge < -0.3 is 5.11 Å². The summed E-state index contributed by atoms with van der Waals surface area (Å²) in [4.78, 5) is 10.8. The number of carboxylic acids is 1. The second kappa shape index (κ2) is 3.38. The highest BCUT2D eigenvalue weighted by Gasteiger charge is 2.16. The Bertz CT molecular complexity index is 478. The Labute approximate surface area is 85.2 Å². The number of rotatable bonds is 2. The summed E-state index contributed by atoms with van der Waals surface area (Å²) in [5, 5.41) is 9.93. The maximum Gasteiger partial charge on any atom is 0.310 e. The fourth-order valence-electron chi connectivity index (χ4n) is 1.39. The quantitative estimate of drug-likeness (QED) is 0.823. The number of benzene rings is 1. The molecule has 1 N–H and O–H groups in total. The fourth-order valence-corrected chi connectivity index (χ4v) is 2.24. The Morgan fingerprint density at radius 1 is 1.57 bits per heavy atom. The van der Waals surface area contributed by atoms with Gasteiger partial charge in [-0.15, -0.1) is 0 Å². The summed E-state index contributed by atoms with van der Waals surface area (Å²) in [6.07, 6.45) is 1.76. The van der Waals surface area contributed by atoms with E-state index < -0.39 is 11.9 Å². The SMILES string of the molecule is CC(C(=O)O)c1cccc2cnsc12. The van der Waals surface area contributed by atoms with Crippen molar-refractivity contribution in [3.63, 3.8) is 0 Å². The number of hydrogen-bond acceptors (Lipinski definition) is 3. The van der Waals surface area contributed by atoms with Gasteiger partial charge in [0.25, 0.3) is 0 Å². The molecular weight excluding hydrogens is 198 g/mol. The van der Waals surface area contributed by atoms with Gasteiger partial charge in [-0.2, -0.15) is 4.37 Å². The number of fused-ring (bicyclic) bond motifs is 1. The van der Waals surface area contributed by atoms with Crippen LogP contribution in [0.1, 0.15) is 18.4 Å². The first-order chi connectivity index (χ1) is 6.70. The highest BCUT2D eigenvalue weighted by Crippen LogP contribution is 2.28. The Kier molecular flexibility index (Phi) is 2.21. The molecule has 0 fully saturated rings. The van der Waals surface area contributed by atoms with E-state index in [-0.39, 0.29) is 0 Å². The summed E-state index contributed by atoms with van der Waals surface area (Å²) < 4.78 is 5.03. The summed E-state index contributed by atoms with van der Waals surface area (Å²) >= 11 is 1.35. The van der Waals surface area contributed by atoms with E-state index in [4.69, 9.17) is 5.11 Å². The number of carbonyl (C=O) groups is 1. The lowest BCUT2D eigenvalue weighted by atomic mass is 10.0. The molecule has 0 aliphatic heterocycles. The molecule has 1 heterocycles. The molecule has 14 heavy (non-hydrogen) atoms. The van der Waals surface area contributed by atoms with Crippen LogP contribution in [0, 0.1) is 0 Å². The van der Waals surface area contributed by atoms with Crippen LogP contribution >= 0.6 is 11.5 Å². The second-order valence-corrected chi connectivity index (χ2v) is 3.95. The van der Waals surface area contributed by atoms with Gasteiger partial charge >= 0.3 is 5.97 Å². The highest BCUT2D eigenvalue weighted by molar-refractivity contribution is 7.13. The molecule has 0 amide bonds. The molecule has 0 bridgehead atoms. The molecule has 0 spiro atoms. The van der Waals surface area contributed by atoms with Crippen LogP contribution in [0.5, 0.6) is 0 Å². The first-order valence-corrected chi connectivity index (χ1v) is 5.03. The van der Waals surface area contributed by atoms with E-state index in [1.165, 1.54) is 11.5 Å². The minimum absolute atomic E-state index is 0.473. The molecule has 1 unspecified atom stereocenters. The van der Waals surface area contributed by atoms with Crippen LogP contribution in [-0.4, -0.2) is 15.4 Å². The van der Waals surface area contributed by atoms with Crippen molar-refractivity contribution >= 4 is 27.6 Å². The van der Waals surface area contributed by atoms with E-state index in [1.54, 1.807) is 13.1 Å². The van der Waals surface area contributed by atoms with Crippen LogP contribution in [0.2, 0.25) is 0 Å². The van der Waals surface area contributed by atoms with Crippen molar-refractivity contribution in [3.8, 4) is 0 Å². The lowest BCUT2D eigenvalue weighted by Gasteiger charge is -2.06. The summed E-state index contributed by atoms with van der Waals surface area (Å²) in [6, 6.07) is 5.65. The van der Waals surface area contributed by atoms with E-state index in [9.17, 15) is 4.79 Å². The van der Waals surface area contributed by atoms with Gasteiger partial charge in [0.1, 0.15) is 0 Å². The van der Waals surface area contributed by atoms with Crippen molar-refractivity contribution in [2.24, 2.45) is 0 Å². The van der Waals surface area contributed by atoms with E-state index in [2.05, 4.69) is 4.37 Å². The highest BCUT2D eigenvalue weighted by atomic mass is 32.1. The monoisotopic (exact) mass is 207 g/mol. The molecule has 1 aromatic carbocycles. The Morgan fingerprint density at radius 3 is 3.07 bits per heavy atom. The molecule has 2 aromatic rings. The van der Waals surface area contributed by atoms with E-state index >= 15 is 0 Å². The summed E-state index contributed by atoms with van der Waals surface area (Å²) in [7, 11) is 0. The lowest BCUT2D eigenvalue weighted by Crippen LogP contribution is -2.07. The van der Waals surface area contributed by atoms with Gasteiger partial charge in [0.15, 0.2) is 0 Å². The number of aromatic nitrogens is 1. The number of nitrogens with zero attached hydrogens (tertiary/aromatic N) is 1. The summed E-state index contributed by atoms with van der Waals surface area (Å²) in [5.74, 6) is -1.27. The van der Waals surface area contributed by atoms with Crippen molar-refractivity contribution in [2.75, 3.05) is 0 Å². The van der Waals surface area contributed by atoms with E-state index in [1.807, 2.05) is 18.2 Å². The first kappa shape index (κ1) is 9.15. The van der Waals surface area contributed by atoms with Crippen LogP contribution < -0.4 is 0 Å². The van der Waals surface area contributed by atoms with Crippen LogP contribution in [-0.2, 0) is 4.79 Å². The van der Waals surface area contributed by atoms with Crippen LogP contribution in [0.4, 0.5) is 0 Å². The molecule has 0 aliphatic carbocycles. The minimum atomic E-state index is -0.800. The molecule has 1 aromatic heterocycles. The van der Waals surface area contributed by atoms with Crippen LogP contribution in [0.25, 0.3) is 10.1 Å². The summed E-state index contributed by atoms with van der Waals surface area (Å²) in [6.45, 7) is 1.69. The van der Waals surface area contributed by atoms with Gasteiger partial charge in [0.2, 0.25) is 0 Å². The molecule has 1 atom stereocenters. The average Bonchev–Trinajstić information content (AvgIpc) is 2.63. The van der Waals surface area contributed by atoms with E-state index in [0.29, 0.717) is 0 Å². The molecule has 72 valence electrons. The normalized spacial score (nSPS) is 12.9. The second-order valence-electron chi connectivity index (χ2n) is 3.15. The van der Waals surface area contributed by atoms with Gasteiger partial charge in [-0.25, -0.2) is 0 Å². The van der Waals surface area contributed by atoms with Gasteiger partial charge in [-0.3, -0.25) is 4.79 Å². The van der Waals surface area contributed by atoms with Gasteiger partial charge in [0.05, 0.1) is 10.6 Å². The van der Waals surface area contributed by atoms with E-state index in [0.717, 1.165) is 15.6 Å². The number of hydrogen-bond donors (Lipinski definition) is 1. The van der Waals surface area contributed by atoms with Gasteiger partial charge in [-0.05, 0) is 24.0 Å². The smallest absolute Gasteiger partial charge is 0.310 e. The maximum absolute atomic E-state index is 10.8. The molecule has 0 aliphatic rings. The molecule has 0 saturated heterocycles. The standard InChI is InChI=1S/C10H9NO2S/c1-6(10(12)13)8-4-2-3-7-5-11-14-9(7)8/h2-6H,1H3,(H,12,13). The average molecular weight is 207 g/mol. The molecule has 3 nitrogen and oxygen atoms in total. The predicted octanol–water partition coefficient (Wildman–Crippen LogP) is 2.48. The number of aliphatic carboxylic acids is 1. The predicted molar refractivity (Wildman–Crippen MR) is 55.7 cm³/mol. The zero-order valence-electron chi connectivity index (χ0n) is 7.60. The van der Waals surface area contributed by atoms with Crippen LogP contribution in [0.15, 0.2) is 24.4 Å². The number of carboxylic acid groups (broad SMARTS) is 1. The third kappa shape index (κ3) is 1.37. The Morgan fingerprint density at radius 2 is 2.36 bits per heavy atom. The zero-order chi connectivity index (χ0) is 10.1. The third-order valence-electron chi connectivity index (χ3n) is 2.25. The van der Waals surface area contributed by atoms with Crippen molar-refractivity contribution in [1.29, 1.82) is 0 Å². The Balaban J connectivity index is 2.61. The molecular formula is C10H9NO2S. The molecule has 0 saturated carbocycles. The van der Waals surface area contributed by atoms with Crippen LogP contribution in [0.3, 0.4) is 0 Å². The first-order valence-electron chi connectivity index (χ1n) is 4.26. The minimum Gasteiger partial charge on any atom is -0.481 e. The largest absolute Gasteiger partial charge is 0.481 e. The lowest BCUT2D eigenvalue weighted by molar-refractivity contribution is -0.138. The fraction of sp³-hybridized carbons (Fsp3) is 0.200. The molecule has 0 radical (unpaired) electrons.